The predicted molar refractivity (Wildman–Crippen MR) is 73.0 cm³/mol. The summed E-state index contributed by atoms with van der Waals surface area (Å²) in [7, 11) is 0. The second-order valence-corrected chi connectivity index (χ2v) is 5.37. The van der Waals surface area contributed by atoms with E-state index in [-0.39, 0.29) is 0 Å². The van der Waals surface area contributed by atoms with E-state index in [4.69, 9.17) is 5.73 Å². The van der Waals surface area contributed by atoms with Crippen molar-refractivity contribution in [1.82, 2.24) is 5.32 Å². The van der Waals surface area contributed by atoms with Crippen molar-refractivity contribution in [2.45, 2.75) is 38.1 Å². The van der Waals surface area contributed by atoms with Crippen molar-refractivity contribution in [2.24, 2.45) is 11.7 Å². The Morgan fingerprint density at radius 1 is 1.29 bits per heavy atom. The lowest BCUT2D eigenvalue weighted by molar-refractivity contribution is 0.476. The number of hydrogen-bond donors (Lipinski definition) is 2. The molecule has 1 aliphatic carbocycles. The monoisotopic (exact) mass is 232 g/mol. The normalized spacial score (nSPS) is 26.0. The first kappa shape index (κ1) is 12.6. The fraction of sp³-hybridized carbons (Fsp3) is 0.600. The van der Waals surface area contributed by atoms with E-state index in [2.05, 4.69) is 42.6 Å². The molecule has 0 radical (unpaired) electrons. The summed E-state index contributed by atoms with van der Waals surface area (Å²) >= 11 is 0. The maximum atomic E-state index is 5.88. The Morgan fingerprint density at radius 2 is 2.06 bits per heavy atom. The predicted octanol–water partition coefficient (Wildman–Crippen LogP) is 2.51. The van der Waals surface area contributed by atoms with Gasteiger partial charge in [-0.05, 0) is 30.7 Å². The summed E-state index contributed by atoms with van der Waals surface area (Å²) in [4.78, 5) is 0. The van der Waals surface area contributed by atoms with Gasteiger partial charge in [-0.3, -0.25) is 0 Å². The molecule has 3 atom stereocenters. The highest BCUT2D eigenvalue weighted by Gasteiger charge is 2.21. The van der Waals surface area contributed by atoms with Gasteiger partial charge in [0.2, 0.25) is 0 Å². The minimum atomic E-state index is 0.451. The van der Waals surface area contributed by atoms with Crippen molar-refractivity contribution in [3.63, 3.8) is 0 Å². The van der Waals surface area contributed by atoms with Crippen LogP contribution in [0.3, 0.4) is 0 Å². The first-order valence-corrected chi connectivity index (χ1v) is 6.78. The SMILES string of the molecule is CC1CCC(NCC(CN)c2ccccc2)C1. The lowest BCUT2D eigenvalue weighted by Crippen LogP contribution is -2.33. The smallest absolute Gasteiger partial charge is 0.00864 e. The Kier molecular flexibility index (Phi) is 4.57. The maximum absolute atomic E-state index is 5.88. The molecule has 2 rings (SSSR count). The largest absolute Gasteiger partial charge is 0.330 e. The van der Waals surface area contributed by atoms with Gasteiger partial charge in [0.1, 0.15) is 0 Å². The molecule has 0 spiro atoms. The Bertz CT molecular complexity index is 323. The van der Waals surface area contributed by atoms with Crippen LogP contribution in [0.15, 0.2) is 30.3 Å². The summed E-state index contributed by atoms with van der Waals surface area (Å²) in [6.45, 7) is 4.08. The molecule has 2 nitrogen and oxygen atoms in total. The lowest BCUT2D eigenvalue weighted by Gasteiger charge is -2.19. The van der Waals surface area contributed by atoms with Gasteiger partial charge in [0.25, 0.3) is 0 Å². The number of rotatable bonds is 5. The minimum Gasteiger partial charge on any atom is -0.330 e. The second-order valence-electron chi connectivity index (χ2n) is 5.37. The number of hydrogen-bond acceptors (Lipinski definition) is 2. The second kappa shape index (κ2) is 6.18. The van der Waals surface area contributed by atoms with Crippen LogP contribution in [0.2, 0.25) is 0 Å². The molecule has 0 bridgehead atoms. The fourth-order valence-electron chi connectivity index (χ4n) is 2.76. The first-order valence-electron chi connectivity index (χ1n) is 6.78. The van der Waals surface area contributed by atoms with Crippen LogP contribution in [0.25, 0.3) is 0 Å². The lowest BCUT2D eigenvalue weighted by atomic mass is 9.99. The molecule has 1 saturated carbocycles. The molecule has 1 fully saturated rings. The highest BCUT2D eigenvalue weighted by atomic mass is 14.9. The van der Waals surface area contributed by atoms with Crippen LogP contribution in [-0.2, 0) is 0 Å². The van der Waals surface area contributed by atoms with Gasteiger partial charge >= 0.3 is 0 Å². The Morgan fingerprint density at radius 3 is 2.65 bits per heavy atom. The third-order valence-electron chi connectivity index (χ3n) is 3.90. The summed E-state index contributed by atoms with van der Waals surface area (Å²) < 4.78 is 0. The summed E-state index contributed by atoms with van der Waals surface area (Å²) in [5.41, 5.74) is 7.23. The van der Waals surface area contributed by atoms with E-state index < -0.39 is 0 Å². The zero-order valence-electron chi connectivity index (χ0n) is 10.7. The Balaban J connectivity index is 1.84. The molecular formula is C15H24N2. The molecule has 1 aliphatic rings. The topological polar surface area (TPSA) is 38.0 Å². The standard InChI is InChI=1S/C15H24N2/c1-12-7-8-15(9-12)17-11-14(10-16)13-5-3-2-4-6-13/h2-6,12,14-15,17H,7-11,16H2,1H3. The zero-order valence-corrected chi connectivity index (χ0v) is 10.7. The molecule has 3 N–H and O–H groups in total. The number of nitrogens with two attached hydrogens (primary N) is 1. The van der Waals surface area contributed by atoms with Crippen molar-refractivity contribution in [3.05, 3.63) is 35.9 Å². The minimum absolute atomic E-state index is 0.451. The molecular weight excluding hydrogens is 208 g/mol. The van der Waals surface area contributed by atoms with Crippen LogP contribution in [-0.4, -0.2) is 19.1 Å². The van der Waals surface area contributed by atoms with E-state index in [1.807, 2.05) is 0 Å². The van der Waals surface area contributed by atoms with Crippen LogP contribution < -0.4 is 11.1 Å². The van der Waals surface area contributed by atoms with E-state index >= 15 is 0 Å². The summed E-state index contributed by atoms with van der Waals surface area (Å²) in [6, 6.07) is 11.3. The Labute approximate surface area is 105 Å². The molecule has 0 amide bonds. The third kappa shape index (κ3) is 3.55. The molecule has 0 saturated heterocycles. The summed E-state index contributed by atoms with van der Waals surface area (Å²) in [5.74, 6) is 1.34. The van der Waals surface area contributed by atoms with Gasteiger partial charge < -0.3 is 11.1 Å². The molecule has 17 heavy (non-hydrogen) atoms. The van der Waals surface area contributed by atoms with E-state index in [0.29, 0.717) is 12.0 Å². The van der Waals surface area contributed by atoms with Crippen molar-refractivity contribution >= 4 is 0 Å². The average molecular weight is 232 g/mol. The third-order valence-corrected chi connectivity index (χ3v) is 3.90. The van der Waals surface area contributed by atoms with Crippen LogP contribution in [0, 0.1) is 5.92 Å². The van der Waals surface area contributed by atoms with E-state index in [9.17, 15) is 0 Å². The highest BCUT2D eigenvalue weighted by Crippen LogP contribution is 2.25. The van der Waals surface area contributed by atoms with E-state index in [0.717, 1.165) is 19.0 Å². The number of benzene rings is 1. The highest BCUT2D eigenvalue weighted by molar-refractivity contribution is 5.20. The molecule has 1 aromatic carbocycles. The summed E-state index contributed by atoms with van der Waals surface area (Å²) in [6.07, 6.45) is 4.02. The van der Waals surface area contributed by atoms with Crippen LogP contribution >= 0.6 is 0 Å². The molecule has 2 heteroatoms. The van der Waals surface area contributed by atoms with Gasteiger partial charge in [0.15, 0.2) is 0 Å². The molecule has 0 aliphatic heterocycles. The van der Waals surface area contributed by atoms with Crippen molar-refractivity contribution < 1.29 is 0 Å². The molecule has 3 unspecified atom stereocenters. The molecule has 0 heterocycles. The van der Waals surface area contributed by atoms with Gasteiger partial charge in [0.05, 0.1) is 0 Å². The van der Waals surface area contributed by atoms with Crippen LogP contribution in [0.5, 0.6) is 0 Å². The van der Waals surface area contributed by atoms with Crippen LogP contribution in [0.1, 0.15) is 37.7 Å². The van der Waals surface area contributed by atoms with Crippen LogP contribution in [0.4, 0.5) is 0 Å². The van der Waals surface area contributed by atoms with Crippen molar-refractivity contribution in [1.29, 1.82) is 0 Å². The fourth-order valence-corrected chi connectivity index (χ4v) is 2.76. The van der Waals surface area contributed by atoms with E-state index in [1.165, 1.54) is 24.8 Å². The van der Waals surface area contributed by atoms with Gasteiger partial charge in [0, 0.05) is 25.0 Å². The zero-order chi connectivity index (χ0) is 12.1. The molecule has 1 aromatic rings. The average Bonchev–Trinajstić information content (AvgIpc) is 2.77. The summed E-state index contributed by atoms with van der Waals surface area (Å²) in [5, 5.41) is 3.68. The van der Waals surface area contributed by atoms with E-state index in [1.54, 1.807) is 0 Å². The van der Waals surface area contributed by atoms with Gasteiger partial charge in [-0.2, -0.15) is 0 Å². The number of nitrogens with one attached hydrogen (secondary N) is 1. The quantitative estimate of drug-likeness (QED) is 0.818. The Hall–Kier alpha value is -0.860. The van der Waals surface area contributed by atoms with Gasteiger partial charge in [-0.15, -0.1) is 0 Å². The van der Waals surface area contributed by atoms with Crippen molar-refractivity contribution in [2.75, 3.05) is 13.1 Å². The molecule has 94 valence electrons. The first-order chi connectivity index (χ1) is 8.29. The maximum Gasteiger partial charge on any atom is 0.00864 e. The molecule has 0 aromatic heterocycles. The van der Waals surface area contributed by atoms with Gasteiger partial charge in [-0.25, -0.2) is 0 Å². The van der Waals surface area contributed by atoms with Gasteiger partial charge in [-0.1, -0.05) is 37.3 Å². The van der Waals surface area contributed by atoms with Crippen molar-refractivity contribution in [3.8, 4) is 0 Å².